The molecule has 23 heavy (non-hydrogen) atoms. The van der Waals surface area contributed by atoms with E-state index >= 15 is 0 Å². The van der Waals surface area contributed by atoms with Gasteiger partial charge in [-0.1, -0.05) is 30.9 Å². The normalized spacial score (nSPS) is 23.4. The molecule has 1 aromatic heterocycles. The van der Waals surface area contributed by atoms with Gasteiger partial charge in [-0.25, -0.2) is 0 Å². The highest BCUT2D eigenvalue weighted by atomic mass is 35.5. The van der Waals surface area contributed by atoms with Gasteiger partial charge in [0.15, 0.2) is 0 Å². The Morgan fingerprint density at radius 1 is 1.00 bits per heavy atom. The van der Waals surface area contributed by atoms with Crippen molar-refractivity contribution in [3.8, 4) is 11.5 Å². The summed E-state index contributed by atoms with van der Waals surface area (Å²) < 4.78 is 5.94. The Hall–Kier alpha value is -1.39. The topological polar surface area (TPSA) is 42.2 Å². The molecule has 1 aromatic carbocycles. The van der Waals surface area contributed by atoms with Crippen LogP contribution in [0.15, 0.2) is 28.7 Å². The van der Waals surface area contributed by atoms with Crippen LogP contribution in [0.1, 0.15) is 50.3 Å². The van der Waals surface area contributed by atoms with Gasteiger partial charge in [-0.2, -0.15) is 0 Å². The quantitative estimate of drug-likeness (QED) is 0.829. The number of hydrogen-bond acceptors (Lipinski definition) is 4. The Morgan fingerprint density at radius 2 is 1.78 bits per heavy atom. The molecule has 122 valence electrons. The van der Waals surface area contributed by atoms with E-state index in [0.29, 0.717) is 16.8 Å². The second kappa shape index (κ2) is 6.62. The first-order valence-electron chi connectivity index (χ1n) is 8.63. The Labute approximate surface area is 141 Å². The second-order valence-electron chi connectivity index (χ2n) is 6.72. The lowest BCUT2D eigenvalue weighted by Gasteiger charge is -2.30. The van der Waals surface area contributed by atoms with Crippen molar-refractivity contribution < 1.29 is 4.42 Å². The molecule has 0 N–H and O–H groups in total. The van der Waals surface area contributed by atoms with E-state index in [1.54, 1.807) is 0 Å². The Bertz CT molecular complexity index is 649. The molecule has 5 heteroatoms. The number of rotatable bonds is 3. The summed E-state index contributed by atoms with van der Waals surface area (Å²) in [5.41, 5.74) is 0.926. The molecule has 1 saturated carbocycles. The summed E-state index contributed by atoms with van der Waals surface area (Å²) in [5.74, 6) is 1.76. The molecule has 2 heterocycles. The molecule has 4 rings (SSSR count). The third-order valence-corrected chi connectivity index (χ3v) is 5.44. The average Bonchev–Trinajstić information content (AvgIpc) is 3.26. The fourth-order valence-electron chi connectivity index (χ4n) is 3.88. The number of halogens is 1. The van der Waals surface area contributed by atoms with Crippen molar-refractivity contribution >= 4 is 11.6 Å². The molecule has 2 fully saturated rings. The maximum atomic E-state index is 5.94. The monoisotopic (exact) mass is 331 g/mol. The predicted octanol–water partition coefficient (Wildman–Crippen LogP) is 4.51. The van der Waals surface area contributed by atoms with Crippen LogP contribution in [0.3, 0.4) is 0 Å². The first-order chi connectivity index (χ1) is 11.3. The highest BCUT2D eigenvalue weighted by Crippen LogP contribution is 2.33. The van der Waals surface area contributed by atoms with Gasteiger partial charge in [0.1, 0.15) is 0 Å². The van der Waals surface area contributed by atoms with Crippen molar-refractivity contribution in [3.63, 3.8) is 0 Å². The number of likely N-dealkylation sites (tertiary alicyclic amines) is 1. The summed E-state index contributed by atoms with van der Waals surface area (Å²) in [4.78, 5) is 2.63. The number of nitrogens with zero attached hydrogens (tertiary/aromatic N) is 3. The van der Waals surface area contributed by atoms with Crippen molar-refractivity contribution in [2.45, 2.75) is 50.5 Å². The lowest BCUT2D eigenvalue weighted by atomic mass is 9.94. The van der Waals surface area contributed by atoms with Crippen LogP contribution in [0, 0.1) is 0 Å². The highest BCUT2D eigenvalue weighted by Gasteiger charge is 2.32. The summed E-state index contributed by atoms with van der Waals surface area (Å²) >= 11 is 5.93. The van der Waals surface area contributed by atoms with Gasteiger partial charge in [-0.3, -0.25) is 4.90 Å². The lowest BCUT2D eigenvalue weighted by Crippen LogP contribution is -2.34. The maximum Gasteiger partial charge on any atom is 0.247 e. The van der Waals surface area contributed by atoms with Gasteiger partial charge in [0.2, 0.25) is 11.8 Å². The third kappa shape index (κ3) is 3.29. The van der Waals surface area contributed by atoms with Gasteiger partial charge in [-0.15, -0.1) is 10.2 Å². The Balaban J connectivity index is 1.44. The molecule has 2 aliphatic rings. The summed E-state index contributed by atoms with van der Waals surface area (Å²) in [6.45, 7) is 2.22. The summed E-state index contributed by atoms with van der Waals surface area (Å²) in [6.07, 6.45) is 8.00. The van der Waals surface area contributed by atoms with Crippen LogP contribution in [-0.4, -0.2) is 34.2 Å². The predicted molar refractivity (Wildman–Crippen MR) is 90.5 cm³/mol. The van der Waals surface area contributed by atoms with Crippen LogP contribution >= 0.6 is 11.6 Å². The van der Waals surface area contributed by atoms with Crippen molar-refractivity contribution in [2.24, 2.45) is 0 Å². The van der Waals surface area contributed by atoms with Crippen molar-refractivity contribution in [1.82, 2.24) is 15.1 Å². The molecule has 0 unspecified atom stereocenters. The van der Waals surface area contributed by atoms with Crippen molar-refractivity contribution in [1.29, 1.82) is 0 Å². The summed E-state index contributed by atoms with van der Waals surface area (Å²) in [5, 5.41) is 9.24. The Kier molecular flexibility index (Phi) is 4.36. The smallest absolute Gasteiger partial charge is 0.247 e. The largest absolute Gasteiger partial charge is 0.420 e. The molecular formula is C18H22ClN3O. The zero-order valence-electron chi connectivity index (χ0n) is 13.2. The van der Waals surface area contributed by atoms with Gasteiger partial charge >= 0.3 is 0 Å². The molecule has 0 amide bonds. The summed E-state index contributed by atoms with van der Waals surface area (Å²) in [7, 11) is 0. The number of aromatic nitrogens is 2. The SMILES string of the molecule is Clc1ccc(-c2nnc([C@H]3CCN(C4CCCCC4)C3)o2)cc1. The molecule has 1 aliphatic carbocycles. The minimum atomic E-state index is 0.380. The second-order valence-corrected chi connectivity index (χ2v) is 7.16. The van der Waals surface area contributed by atoms with Gasteiger partial charge in [0.25, 0.3) is 0 Å². The zero-order valence-corrected chi connectivity index (χ0v) is 14.0. The average molecular weight is 332 g/mol. The van der Waals surface area contributed by atoms with Crippen molar-refractivity contribution in [3.05, 3.63) is 35.2 Å². The van der Waals surface area contributed by atoms with E-state index in [1.165, 1.54) is 32.1 Å². The molecule has 0 radical (unpaired) electrons. The molecule has 0 bridgehead atoms. The van der Waals surface area contributed by atoms with E-state index in [-0.39, 0.29) is 0 Å². The molecular weight excluding hydrogens is 310 g/mol. The number of hydrogen-bond donors (Lipinski definition) is 0. The highest BCUT2D eigenvalue weighted by molar-refractivity contribution is 6.30. The van der Waals surface area contributed by atoms with E-state index in [2.05, 4.69) is 15.1 Å². The first kappa shape index (κ1) is 15.2. The Morgan fingerprint density at radius 3 is 2.57 bits per heavy atom. The molecule has 4 nitrogen and oxygen atoms in total. The van der Waals surface area contributed by atoms with Crippen LogP contribution in [0.4, 0.5) is 0 Å². The van der Waals surface area contributed by atoms with Gasteiger partial charge in [-0.05, 0) is 50.1 Å². The van der Waals surface area contributed by atoms with Gasteiger partial charge < -0.3 is 4.42 Å². The molecule has 1 atom stereocenters. The molecule has 0 spiro atoms. The third-order valence-electron chi connectivity index (χ3n) is 5.19. The molecule has 1 saturated heterocycles. The maximum absolute atomic E-state index is 5.94. The van der Waals surface area contributed by atoms with E-state index < -0.39 is 0 Å². The van der Waals surface area contributed by atoms with E-state index in [0.717, 1.165) is 37.0 Å². The van der Waals surface area contributed by atoms with Crippen LogP contribution in [0.2, 0.25) is 5.02 Å². The fourth-order valence-corrected chi connectivity index (χ4v) is 4.00. The minimum Gasteiger partial charge on any atom is -0.420 e. The zero-order chi connectivity index (χ0) is 15.6. The minimum absolute atomic E-state index is 0.380. The van der Waals surface area contributed by atoms with E-state index in [4.69, 9.17) is 16.0 Å². The molecule has 1 aliphatic heterocycles. The standard InChI is InChI=1S/C18H22ClN3O/c19-15-8-6-13(7-9-15)17-20-21-18(23-17)14-10-11-22(12-14)16-4-2-1-3-5-16/h6-9,14,16H,1-5,10-12H2/t14-/m0/s1. The van der Waals surface area contributed by atoms with Crippen LogP contribution in [-0.2, 0) is 0 Å². The summed E-state index contributed by atoms with van der Waals surface area (Å²) in [6, 6.07) is 8.31. The van der Waals surface area contributed by atoms with Crippen LogP contribution in [0.25, 0.3) is 11.5 Å². The molecule has 2 aromatic rings. The van der Waals surface area contributed by atoms with E-state index in [9.17, 15) is 0 Å². The van der Waals surface area contributed by atoms with Crippen LogP contribution < -0.4 is 0 Å². The van der Waals surface area contributed by atoms with Gasteiger partial charge in [0.05, 0.1) is 5.92 Å². The fraction of sp³-hybridized carbons (Fsp3) is 0.556. The van der Waals surface area contributed by atoms with Gasteiger partial charge in [0, 0.05) is 23.2 Å². The van der Waals surface area contributed by atoms with E-state index in [1.807, 2.05) is 24.3 Å². The van der Waals surface area contributed by atoms with Crippen molar-refractivity contribution in [2.75, 3.05) is 13.1 Å². The number of benzene rings is 1. The van der Waals surface area contributed by atoms with Crippen LogP contribution in [0.5, 0.6) is 0 Å². The first-order valence-corrected chi connectivity index (χ1v) is 9.01. The lowest BCUT2D eigenvalue weighted by molar-refractivity contribution is 0.187.